The number of hydrogen-bond donors (Lipinski definition) is 0. The van der Waals surface area contributed by atoms with Crippen molar-refractivity contribution in [1.82, 2.24) is 4.98 Å². The summed E-state index contributed by atoms with van der Waals surface area (Å²) in [7, 11) is 0. The molecule has 0 saturated carbocycles. The highest BCUT2D eigenvalue weighted by molar-refractivity contribution is 5.59. The minimum atomic E-state index is 1.07. The Morgan fingerprint density at radius 2 is 1.87 bits per heavy atom. The zero-order chi connectivity index (χ0) is 10.5. The molecule has 0 bridgehead atoms. The first-order chi connectivity index (χ1) is 7.40. The van der Waals surface area contributed by atoms with E-state index in [-0.39, 0.29) is 0 Å². The Morgan fingerprint density at radius 1 is 1.07 bits per heavy atom. The third-order valence-corrected chi connectivity index (χ3v) is 2.43. The van der Waals surface area contributed by atoms with Crippen LogP contribution in [0, 0.1) is 0 Å². The van der Waals surface area contributed by atoms with Crippen LogP contribution in [-0.2, 0) is 6.42 Å². The zero-order valence-electron chi connectivity index (χ0n) is 8.98. The first-order valence-corrected chi connectivity index (χ1v) is 5.40. The van der Waals surface area contributed by atoms with Gasteiger partial charge in [-0.1, -0.05) is 43.7 Å². The second kappa shape index (κ2) is 4.74. The van der Waals surface area contributed by atoms with Crippen LogP contribution < -0.4 is 0 Å². The quantitative estimate of drug-likeness (QED) is 0.731. The van der Waals surface area contributed by atoms with Gasteiger partial charge < -0.3 is 0 Å². The molecule has 0 fully saturated rings. The van der Waals surface area contributed by atoms with Gasteiger partial charge in [-0.15, -0.1) is 0 Å². The first kappa shape index (κ1) is 9.91. The molecule has 0 aliphatic carbocycles. The second-order valence-corrected chi connectivity index (χ2v) is 3.67. The normalized spacial score (nSPS) is 10.2. The van der Waals surface area contributed by atoms with Gasteiger partial charge in [0.2, 0.25) is 0 Å². The standard InChI is InChI=1S/C14H15N/c1-2-6-12-9-10-15-14(11-12)13-7-4-3-5-8-13/h3-5,7-11H,2,6H2,1H3. The van der Waals surface area contributed by atoms with Gasteiger partial charge in [0.15, 0.2) is 0 Å². The summed E-state index contributed by atoms with van der Waals surface area (Å²) in [6.07, 6.45) is 4.20. The lowest BCUT2D eigenvalue weighted by Gasteiger charge is -2.03. The predicted molar refractivity (Wildman–Crippen MR) is 63.7 cm³/mol. The molecule has 2 aromatic rings. The van der Waals surface area contributed by atoms with Crippen molar-refractivity contribution in [3.05, 3.63) is 54.2 Å². The topological polar surface area (TPSA) is 12.9 Å². The van der Waals surface area contributed by atoms with E-state index >= 15 is 0 Å². The Labute approximate surface area is 90.8 Å². The molecule has 1 heteroatoms. The fourth-order valence-electron chi connectivity index (χ4n) is 1.69. The molecular formula is C14H15N. The fourth-order valence-corrected chi connectivity index (χ4v) is 1.69. The lowest BCUT2D eigenvalue weighted by molar-refractivity contribution is 0.919. The van der Waals surface area contributed by atoms with Crippen LogP contribution in [-0.4, -0.2) is 4.98 Å². The van der Waals surface area contributed by atoms with E-state index in [4.69, 9.17) is 0 Å². The van der Waals surface area contributed by atoms with Gasteiger partial charge in [-0.2, -0.15) is 0 Å². The molecule has 1 aromatic carbocycles. The highest BCUT2D eigenvalue weighted by atomic mass is 14.7. The van der Waals surface area contributed by atoms with Gasteiger partial charge in [-0.3, -0.25) is 4.98 Å². The van der Waals surface area contributed by atoms with E-state index in [1.165, 1.54) is 17.5 Å². The summed E-state index contributed by atoms with van der Waals surface area (Å²) in [5.74, 6) is 0. The van der Waals surface area contributed by atoms with Crippen LogP contribution in [0.3, 0.4) is 0 Å². The molecule has 1 aromatic heterocycles. The number of aryl methyl sites for hydroxylation is 1. The van der Waals surface area contributed by atoms with E-state index in [1.807, 2.05) is 24.4 Å². The van der Waals surface area contributed by atoms with E-state index in [9.17, 15) is 0 Å². The average Bonchev–Trinajstić information content (AvgIpc) is 2.31. The molecule has 1 heterocycles. The summed E-state index contributed by atoms with van der Waals surface area (Å²) in [4.78, 5) is 4.39. The molecule has 0 spiro atoms. The Hall–Kier alpha value is -1.63. The third-order valence-electron chi connectivity index (χ3n) is 2.43. The fraction of sp³-hybridized carbons (Fsp3) is 0.214. The monoisotopic (exact) mass is 197 g/mol. The number of hydrogen-bond acceptors (Lipinski definition) is 1. The Kier molecular flexibility index (Phi) is 3.13. The van der Waals surface area contributed by atoms with Crippen molar-refractivity contribution in [3.63, 3.8) is 0 Å². The molecule has 0 aliphatic rings. The Balaban J connectivity index is 2.33. The van der Waals surface area contributed by atoms with Crippen molar-refractivity contribution in [3.8, 4) is 11.3 Å². The molecule has 0 unspecified atom stereocenters. The van der Waals surface area contributed by atoms with Crippen LogP contribution in [0.4, 0.5) is 0 Å². The largest absolute Gasteiger partial charge is 0.256 e. The minimum absolute atomic E-state index is 1.07. The van der Waals surface area contributed by atoms with Gasteiger partial charge in [0.1, 0.15) is 0 Å². The number of nitrogens with zero attached hydrogens (tertiary/aromatic N) is 1. The van der Waals surface area contributed by atoms with Crippen LogP contribution in [0.1, 0.15) is 18.9 Å². The zero-order valence-corrected chi connectivity index (χ0v) is 8.98. The van der Waals surface area contributed by atoms with Crippen LogP contribution in [0.25, 0.3) is 11.3 Å². The molecule has 0 N–H and O–H groups in total. The number of pyridine rings is 1. The van der Waals surface area contributed by atoms with Crippen molar-refractivity contribution in [1.29, 1.82) is 0 Å². The van der Waals surface area contributed by atoms with Gasteiger partial charge in [-0.05, 0) is 24.1 Å². The lowest BCUT2D eigenvalue weighted by Crippen LogP contribution is -1.87. The van der Waals surface area contributed by atoms with Crippen LogP contribution >= 0.6 is 0 Å². The van der Waals surface area contributed by atoms with Crippen molar-refractivity contribution in [2.45, 2.75) is 19.8 Å². The van der Waals surface area contributed by atoms with Gasteiger partial charge >= 0.3 is 0 Å². The van der Waals surface area contributed by atoms with Crippen molar-refractivity contribution < 1.29 is 0 Å². The molecule has 0 atom stereocenters. The lowest BCUT2D eigenvalue weighted by atomic mass is 10.1. The second-order valence-electron chi connectivity index (χ2n) is 3.67. The van der Waals surface area contributed by atoms with E-state index in [0.29, 0.717) is 0 Å². The summed E-state index contributed by atoms with van der Waals surface area (Å²) >= 11 is 0. The highest BCUT2D eigenvalue weighted by Gasteiger charge is 1.98. The van der Waals surface area contributed by atoms with Crippen molar-refractivity contribution in [2.24, 2.45) is 0 Å². The van der Waals surface area contributed by atoms with Crippen LogP contribution in [0.2, 0.25) is 0 Å². The van der Waals surface area contributed by atoms with Crippen molar-refractivity contribution in [2.75, 3.05) is 0 Å². The highest BCUT2D eigenvalue weighted by Crippen LogP contribution is 2.17. The minimum Gasteiger partial charge on any atom is -0.256 e. The SMILES string of the molecule is CCCc1ccnc(-c2ccccc2)c1. The maximum absolute atomic E-state index is 4.39. The Bertz CT molecular complexity index is 420. The molecule has 0 aliphatic heterocycles. The van der Waals surface area contributed by atoms with E-state index < -0.39 is 0 Å². The van der Waals surface area contributed by atoms with E-state index in [1.54, 1.807) is 0 Å². The van der Waals surface area contributed by atoms with E-state index in [2.05, 4.69) is 36.2 Å². The maximum Gasteiger partial charge on any atom is 0.0704 e. The third kappa shape index (κ3) is 2.44. The van der Waals surface area contributed by atoms with Crippen LogP contribution in [0.15, 0.2) is 48.7 Å². The molecule has 1 nitrogen and oxygen atoms in total. The first-order valence-electron chi connectivity index (χ1n) is 5.40. The van der Waals surface area contributed by atoms with Crippen LogP contribution in [0.5, 0.6) is 0 Å². The molecule has 0 amide bonds. The smallest absolute Gasteiger partial charge is 0.0704 e. The van der Waals surface area contributed by atoms with E-state index in [0.717, 1.165) is 12.1 Å². The van der Waals surface area contributed by atoms with Gasteiger partial charge in [0.05, 0.1) is 5.69 Å². The summed E-state index contributed by atoms with van der Waals surface area (Å²) in [5.41, 5.74) is 3.63. The molecule has 76 valence electrons. The van der Waals surface area contributed by atoms with Crippen molar-refractivity contribution >= 4 is 0 Å². The molecular weight excluding hydrogens is 182 g/mol. The molecule has 0 radical (unpaired) electrons. The Morgan fingerprint density at radius 3 is 2.60 bits per heavy atom. The van der Waals surface area contributed by atoms with Gasteiger partial charge in [-0.25, -0.2) is 0 Å². The predicted octanol–water partition coefficient (Wildman–Crippen LogP) is 3.70. The number of rotatable bonds is 3. The molecule has 15 heavy (non-hydrogen) atoms. The summed E-state index contributed by atoms with van der Waals surface area (Å²) in [6, 6.07) is 14.6. The number of aromatic nitrogens is 1. The maximum atomic E-state index is 4.39. The molecule has 0 saturated heterocycles. The molecule has 2 rings (SSSR count). The summed E-state index contributed by atoms with van der Waals surface area (Å²) in [6.45, 7) is 2.20. The van der Waals surface area contributed by atoms with Gasteiger partial charge in [0, 0.05) is 11.8 Å². The average molecular weight is 197 g/mol. The van der Waals surface area contributed by atoms with Gasteiger partial charge in [0.25, 0.3) is 0 Å². The summed E-state index contributed by atoms with van der Waals surface area (Å²) < 4.78 is 0. The summed E-state index contributed by atoms with van der Waals surface area (Å²) in [5, 5.41) is 0. The number of benzene rings is 1.